The molecular formula is C64H91N3O16. The topological polar surface area (TPSA) is 212 Å². The molecule has 5 aliphatic rings. The molecule has 0 spiro atoms. The van der Waals surface area contributed by atoms with Crippen LogP contribution in [0.25, 0.3) is 10.4 Å². The molecule has 5 saturated heterocycles. The number of methoxy groups -OCH3 is 2. The average Bonchev–Trinajstić information content (AvgIpc) is 3.55. The minimum atomic E-state index is -0.957. The second-order valence-corrected chi connectivity index (χ2v) is 24.0. The van der Waals surface area contributed by atoms with Crippen LogP contribution in [0.15, 0.2) is 96.1 Å². The first-order valence-corrected chi connectivity index (χ1v) is 29.9. The van der Waals surface area contributed by atoms with Gasteiger partial charge in [-0.2, -0.15) is 0 Å². The number of hydrogen-bond acceptors (Lipinski definition) is 17. The quantitative estimate of drug-likeness (QED) is 0.0374. The third-order valence-electron chi connectivity index (χ3n) is 18.6. The molecule has 0 aromatic heterocycles. The second kappa shape index (κ2) is 30.2. The summed E-state index contributed by atoms with van der Waals surface area (Å²) in [6.45, 7) is 22.0. The third kappa shape index (κ3) is 15.9. The van der Waals surface area contributed by atoms with Crippen LogP contribution < -0.4 is 0 Å². The number of benzene rings is 3. The third-order valence-corrected chi connectivity index (χ3v) is 18.6. The first-order valence-electron chi connectivity index (χ1n) is 29.9. The van der Waals surface area contributed by atoms with Crippen molar-refractivity contribution >= 4 is 11.9 Å². The van der Waals surface area contributed by atoms with Crippen LogP contribution in [0.5, 0.6) is 0 Å². The van der Waals surface area contributed by atoms with E-state index in [-0.39, 0.29) is 73.1 Å². The fourth-order valence-electron chi connectivity index (χ4n) is 12.7. The minimum Gasteiger partial charge on any atom is -0.463 e. The lowest BCUT2D eigenvalue weighted by Gasteiger charge is -2.52. The molecule has 0 bridgehead atoms. The van der Waals surface area contributed by atoms with Gasteiger partial charge >= 0.3 is 11.9 Å². The molecule has 0 saturated carbocycles. The predicted molar refractivity (Wildman–Crippen MR) is 306 cm³/mol. The standard InChI is InChI=1S/C64H91N3O16/c1-35-36(2)54(66-67-65)64(77-51(35)33-73-44(10)68)82-55-38(4)41(7)61(75-49(55)29-46-23-17-14-18-24-46)80-57-39(5)42(8)62(79-53(57)34-74-45(11)69)83-59-50(30-47-25-19-15-20-26-47)76-63(43(9)58(59)70-12)81-56-37(3)40(6)60(71-13)78-52(56)32-72-31-48-27-21-16-22-28-48/h14-28,35-43,49-64H,29-34H2,1-13H3/t35-,36-,37+,38+,39?,40?,41?,42?,43?,49?,50-,51?,52?,53-,54?,55-,56-,57-,58?,59+,60-,61-,62+,63-,64+/m0/s1. The molecule has 0 amide bonds. The predicted octanol–water partition coefficient (Wildman–Crippen LogP) is 10.0. The van der Waals surface area contributed by atoms with Gasteiger partial charge in [0, 0.05) is 69.5 Å². The van der Waals surface area contributed by atoms with E-state index in [2.05, 4.69) is 70.6 Å². The highest BCUT2D eigenvalue weighted by atomic mass is 16.8. The van der Waals surface area contributed by atoms with E-state index >= 15 is 0 Å². The molecule has 10 unspecified atom stereocenters. The fraction of sp³-hybridized carbons (Fsp3) is 0.688. The van der Waals surface area contributed by atoms with E-state index in [1.54, 1.807) is 14.2 Å². The Morgan fingerprint density at radius 1 is 0.434 bits per heavy atom. The molecule has 19 heteroatoms. The maximum atomic E-state index is 12.6. The van der Waals surface area contributed by atoms with Crippen LogP contribution in [0.3, 0.4) is 0 Å². The Hall–Kier alpha value is -4.57. The lowest BCUT2D eigenvalue weighted by molar-refractivity contribution is -0.370. The van der Waals surface area contributed by atoms with E-state index in [0.29, 0.717) is 19.4 Å². The lowest BCUT2D eigenvalue weighted by Crippen LogP contribution is -2.62. The van der Waals surface area contributed by atoms with Gasteiger partial charge < -0.3 is 66.3 Å². The highest BCUT2D eigenvalue weighted by Gasteiger charge is 2.55. The molecule has 0 aliphatic carbocycles. The molecule has 25 atom stereocenters. The Morgan fingerprint density at radius 3 is 1.33 bits per heavy atom. The zero-order chi connectivity index (χ0) is 59.5. The van der Waals surface area contributed by atoms with E-state index in [1.807, 2.05) is 92.7 Å². The van der Waals surface area contributed by atoms with Crippen molar-refractivity contribution in [2.24, 2.45) is 58.4 Å². The van der Waals surface area contributed by atoms with Crippen LogP contribution in [0, 0.1) is 53.3 Å². The maximum absolute atomic E-state index is 12.6. The highest BCUT2D eigenvalue weighted by Crippen LogP contribution is 2.45. The zero-order valence-electron chi connectivity index (χ0n) is 50.7. The zero-order valence-corrected chi connectivity index (χ0v) is 50.7. The summed E-state index contributed by atoms with van der Waals surface area (Å²) in [4.78, 5) is 27.7. The van der Waals surface area contributed by atoms with Gasteiger partial charge in [-0.25, -0.2) is 0 Å². The van der Waals surface area contributed by atoms with Crippen molar-refractivity contribution < 1.29 is 75.9 Å². The van der Waals surface area contributed by atoms with Crippen molar-refractivity contribution in [3.8, 4) is 0 Å². The Labute approximate surface area is 490 Å². The number of carbonyl (C=O) groups is 2. The fourth-order valence-corrected chi connectivity index (χ4v) is 12.7. The second-order valence-electron chi connectivity index (χ2n) is 24.0. The number of esters is 2. The molecule has 0 radical (unpaired) electrons. The largest absolute Gasteiger partial charge is 0.463 e. The molecule has 0 N–H and O–H groups in total. The smallest absolute Gasteiger partial charge is 0.302 e. The van der Waals surface area contributed by atoms with Crippen molar-refractivity contribution in [1.82, 2.24) is 0 Å². The Morgan fingerprint density at radius 2 is 0.831 bits per heavy atom. The normalized spacial score (nSPS) is 39.3. The van der Waals surface area contributed by atoms with Crippen molar-refractivity contribution in [2.75, 3.05) is 34.0 Å². The lowest BCUT2D eigenvalue weighted by atomic mass is 9.80. The summed E-state index contributed by atoms with van der Waals surface area (Å²) in [5.41, 5.74) is 12.9. The average molecular weight is 1160 g/mol. The van der Waals surface area contributed by atoms with Crippen LogP contribution in [0.1, 0.15) is 92.9 Å². The molecule has 5 heterocycles. The monoisotopic (exact) mass is 1160 g/mol. The van der Waals surface area contributed by atoms with Crippen molar-refractivity contribution in [2.45, 2.75) is 194 Å². The first-order chi connectivity index (χ1) is 39.9. The Bertz CT molecular complexity index is 2510. The van der Waals surface area contributed by atoms with E-state index in [4.69, 9.17) is 66.3 Å². The molecule has 5 fully saturated rings. The van der Waals surface area contributed by atoms with E-state index in [9.17, 15) is 15.1 Å². The van der Waals surface area contributed by atoms with Crippen molar-refractivity contribution in [1.29, 1.82) is 0 Å². The first kappa shape index (κ1) is 64.4. The number of carbonyl (C=O) groups excluding carboxylic acids is 2. The summed E-state index contributed by atoms with van der Waals surface area (Å²) in [6.07, 6.45) is -8.35. The van der Waals surface area contributed by atoms with E-state index in [1.165, 1.54) is 13.8 Å². The summed E-state index contributed by atoms with van der Waals surface area (Å²) >= 11 is 0. The highest BCUT2D eigenvalue weighted by molar-refractivity contribution is 5.66. The molecule has 3 aromatic carbocycles. The van der Waals surface area contributed by atoms with E-state index < -0.39 is 110 Å². The summed E-state index contributed by atoms with van der Waals surface area (Å²) in [7, 11) is 3.35. The number of azide groups is 1. The van der Waals surface area contributed by atoms with Crippen LogP contribution in [-0.4, -0.2) is 145 Å². The Kier molecular flexibility index (Phi) is 23.4. The van der Waals surface area contributed by atoms with Gasteiger partial charge in [0.05, 0.1) is 62.0 Å². The van der Waals surface area contributed by atoms with Gasteiger partial charge in [-0.05, 0) is 51.8 Å². The summed E-state index contributed by atoms with van der Waals surface area (Å²) < 4.78 is 92.7. The van der Waals surface area contributed by atoms with Crippen LogP contribution in [0.4, 0.5) is 0 Å². The molecule has 19 nitrogen and oxygen atoms in total. The minimum absolute atomic E-state index is 0.00513. The number of nitrogens with zero attached hydrogens (tertiary/aromatic N) is 3. The SMILES string of the molecule is COC1C(C)[C@H](O[C@@H]2C(COCc3ccccc3)O[C@H](OC)C(C)[C@H]2C)O[C@@H](Cc2ccccc2)[C@H]1O[C@H]1O[C@@H](COC(C)=O)[C@@H](O[C@@H]2OC(Cc3ccccc3)[C@@H](O[C@H]3OC(COC(C)=O)[C@@H](C)[C@H](C)C3N=[N+]=[N-])[C@H](C)C2C)C(C)C1C. The van der Waals surface area contributed by atoms with Gasteiger partial charge in [-0.15, -0.1) is 0 Å². The van der Waals surface area contributed by atoms with Gasteiger partial charge in [0.1, 0.15) is 31.5 Å². The van der Waals surface area contributed by atoms with Crippen LogP contribution >= 0.6 is 0 Å². The van der Waals surface area contributed by atoms with Crippen LogP contribution in [-0.2, 0) is 95.4 Å². The molecular weight excluding hydrogens is 1070 g/mol. The maximum Gasteiger partial charge on any atom is 0.302 e. The molecule has 8 rings (SSSR count). The van der Waals surface area contributed by atoms with E-state index in [0.717, 1.165) is 16.7 Å². The Balaban J connectivity index is 1.02. The van der Waals surface area contributed by atoms with Gasteiger partial charge in [-0.1, -0.05) is 158 Å². The van der Waals surface area contributed by atoms with Crippen molar-refractivity contribution in [3.05, 3.63) is 118 Å². The van der Waals surface area contributed by atoms with Crippen LogP contribution in [0.2, 0.25) is 0 Å². The van der Waals surface area contributed by atoms with Gasteiger partial charge in [0.2, 0.25) is 0 Å². The summed E-state index contributed by atoms with van der Waals surface area (Å²) in [5.74, 6) is -2.41. The molecule has 5 aliphatic heterocycles. The molecule has 458 valence electrons. The van der Waals surface area contributed by atoms with Gasteiger partial charge in [0.25, 0.3) is 0 Å². The van der Waals surface area contributed by atoms with Crippen molar-refractivity contribution in [3.63, 3.8) is 0 Å². The number of hydrogen-bond donors (Lipinski definition) is 0. The number of ether oxygens (including phenoxy) is 14. The molecule has 3 aromatic rings. The van der Waals surface area contributed by atoms with Gasteiger partial charge in [-0.3, -0.25) is 9.59 Å². The number of rotatable bonds is 23. The summed E-state index contributed by atoms with van der Waals surface area (Å²) in [6, 6.07) is 29.5. The summed E-state index contributed by atoms with van der Waals surface area (Å²) in [5, 5.41) is 4.19. The van der Waals surface area contributed by atoms with Gasteiger partial charge in [0.15, 0.2) is 31.5 Å². The molecule has 83 heavy (non-hydrogen) atoms.